The number of hydrogen-bond donors (Lipinski definition) is 1. The second-order valence-corrected chi connectivity index (χ2v) is 4.38. The summed E-state index contributed by atoms with van der Waals surface area (Å²) in [5, 5.41) is 9.85. The van der Waals surface area contributed by atoms with Gasteiger partial charge in [0.25, 0.3) is 0 Å². The van der Waals surface area contributed by atoms with Gasteiger partial charge in [-0.05, 0) is 30.0 Å². The zero-order chi connectivity index (χ0) is 11.5. The number of nitrogens with zero attached hydrogens (tertiary/aromatic N) is 1. The molecule has 0 aromatic heterocycles. The Kier molecular flexibility index (Phi) is 3.46. The maximum Gasteiger partial charge on any atom is 0.102 e. The van der Waals surface area contributed by atoms with Gasteiger partial charge in [0.15, 0.2) is 0 Å². The van der Waals surface area contributed by atoms with Gasteiger partial charge in [0, 0.05) is 26.4 Å². The summed E-state index contributed by atoms with van der Waals surface area (Å²) in [6.45, 7) is 1.47. The van der Waals surface area contributed by atoms with E-state index in [0.29, 0.717) is 6.61 Å². The number of fused-ring (bicyclic) bond motifs is 1. The first-order valence-electron chi connectivity index (χ1n) is 5.73. The number of aliphatic hydroxyl groups excluding tert-OH is 1. The third kappa shape index (κ3) is 2.20. The fourth-order valence-electron chi connectivity index (χ4n) is 2.27. The molecular formula is C13H19NO2. The molecule has 0 spiro atoms. The number of anilines is 1. The number of rotatable bonds is 3. The zero-order valence-electron chi connectivity index (χ0n) is 9.94. The number of hydrogen-bond acceptors (Lipinski definition) is 3. The van der Waals surface area contributed by atoms with E-state index in [1.54, 1.807) is 7.11 Å². The van der Waals surface area contributed by atoms with E-state index in [1.807, 2.05) is 6.07 Å². The molecule has 0 aliphatic carbocycles. The van der Waals surface area contributed by atoms with Crippen LogP contribution in [0, 0.1) is 0 Å². The van der Waals surface area contributed by atoms with Gasteiger partial charge >= 0.3 is 0 Å². The van der Waals surface area contributed by atoms with Crippen LogP contribution in [0.2, 0.25) is 0 Å². The quantitative estimate of drug-likeness (QED) is 0.844. The molecule has 3 nitrogen and oxygen atoms in total. The minimum Gasteiger partial charge on any atom is -0.386 e. The number of aryl methyl sites for hydroxylation is 1. The van der Waals surface area contributed by atoms with E-state index >= 15 is 0 Å². The van der Waals surface area contributed by atoms with Crippen molar-refractivity contribution in [1.29, 1.82) is 0 Å². The maximum atomic E-state index is 9.85. The Morgan fingerprint density at radius 1 is 1.50 bits per heavy atom. The second kappa shape index (κ2) is 4.85. The fourth-order valence-corrected chi connectivity index (χ4v) is 2.27. The van der Waals surface area contributed by atoms with Crippen LogP contribution < -0.4 is 4.90 Å². The molecule has 0 amide bonds. The molecule has 0 fully saturated rings. The van der Waals surface area contributed by atoms with Crippen LogP contribution in [-0.4, -0.2) is 32.4 Å². The van der Waals surface area contributed by atoms with E-state index in [0.717, 1.165) is 18.5 Å². The first kappa shape index (κ1) is 11.4. The molecule has 1 aromatic carbocycles. The third-order valence-electron chi connectivity index (χ3n) is 3.16. The van der Waals surface area contributed by atoms with Crippen molar-refractivity contribution in [2.75, 3.05) is 32.2 Å². The van der Waals surface area contributed by atoms with E-state index in [-0.39, 0.29) is 0 Å². The molecule has 2 rings (SSSR count). The summed E-state index contributed by atoms with van der Waals surface area (Å²) in [6.07, 6.45) is 1.78. The van der Waals surface area contributed by atoms with Gasteiger partial charge in [-0.25, -0.2) is 0 Å². The van der Waals surface area contributed by atoms with E-state index in [9.17, 15) is 5.11 Å². The Hall–Kier alpha value is -1.06. The van der Waals surface area contributed by atoms with Gasteiger partial charge in [0.05, 0.1) is 6.61 Å². The topological polar surface area (TPSA) is 32.7 Å². The van der Waals surface area contributed by atoms with Gasteiger partial charge < -0.3 is 14.7 Å². The molecule has 1 heterocycles. The number of benzene rings is 1. The van der Waals surface area contributed by atoms with Crippen molar-refractivity contribution in [1.82, 2.24) is 0 Å². The standard InChI is InChI=1S/C13H19NO2/c1-14-7-3-4-10-8-11(5-6-12(10)14)13(15)9-16-2/h5-6,8,13,15H,3-4,7,9H2,1-2H3. The predicted molar refractivity (Wildman–Crippen MR) is 64.9 cm³/mol. The maximum absolute atomic E-state index is 9.85. The Morgan fingerprint density at radius 2 is 2.31 bits per heavy atom. The molecule has 1 unspecified atom stereocenters. The molecule has 1 N–H and O–H groups in total. The summed E-state index contributed by atoms with van der Waals surface area (Å²) in [5.41, 5.74) is 3.58. The van der Waals surface area contributed by atoms with Crippen LogP contribution in [0.3, 0.4) is 0 Å². The van der Waals surface area contributed by atoms with E-state index in [4.69, 9.17) is 4.74 Å². The molecule has 3 heteroatoms. The summed E-state index contributed by atoms with van der Waals surface area (Å²) in [5.74, 6) is 0. The normalized spacial score (nSPS) is 17.1. The molecule has 0 radical (unpaired) electrons. The Balaban J connectivity index is 2.24. The van der Waals surface area contributed by atoms with Gasteiger partial charge in [-0.1, -0.05) is 12.1 Å². The lowest BCUT2D eigenvalue weighted by Crippen LogP contribution is -2.24. The summed E-state index contributed by atoms with van der Waals surface area (Å²) in [6, 6.07) is 6.20. The molecule has 1 aromatic rings. The van der Waals surface area contributed by atoms with Gasteiger partial charge in [-0.2, -0.15) is 0 Å². The summed E-state index contributed by atoms with van der Waals surface area (Å²) in [7, 11) is 3.72. The highest BCUT2D eigenvalue weighted by atomic mass is 16.5. The molecule has 16 heavy (non-hydrogen) atoms. The van der Waals surface area contributed by atoms with Crippen molar-refractivity contribution in [2.45, 2.75) is 18.9 Å². The SMILES string of the molecule is COCC(O)c1ccc2c(c1)CCCN2C. The second-order valence-electron chi connectivity index (χ2n) is 4.38. The van der Waals surface area contributed by atoms with Gasteiger partial charge in [-0.15, -0.1) is 0 Å². The Bertz CT molecular complexity index is 365. The van der Waals surface area contributed by atoms with Crippen molar-refractivity contribution >= 4 is 5.69 Å². The van der Waals surface area contributed by atoms with Crippen molar-refractivity contribution in [3.05, 3.63) is 29.3 Å². The average molecular weight is 221 g/mol. The van der Waals surface area contributed by atoms with E-state index in [1.165, 1.54) is 17.7 Å². The highest BCUT2D eigenvalue weighted by Gasteiger charge is 2.15. The van der Waals surface area contributed by atoms with Crippen LogP contribution in [0.15, 0.2) is 18.2 Å². The summed E-state index contributed by atoms with van der Waals surface area (Å²) in [4.78, 5) is 2.27. The van der Waals surface area contributed by atoms with Gasteiger partial charge in [0.2, 0.25) is 0 Å². The van der Waals surface area contributed by atoms with Gasteiger partial charge in [-0.3, -0.25) is 0 Å². The number of methoxy groups -OCH3 is 1. The van der Waals surface area contributed by atoms with Crippen LogP contribution in [0.4, 0.5) is 5.69 Å². The highest BCUT2D eigenvalue weighted by Crippen LogP contribution is 2.28. The van der Waals surface area contributed by atoms with E-state index in [2.05, 4.69) is 24.1 Å². The largest absolute Gasteiger partial charge is 0.386 e. The summed E-state index contributed by atoms with van der Waals surface area (Å²) >= 11 is 0. The third-order valence-corrected chi connectivity index (χ3v) is 3.16. The monoisotopic (exact) mass is 221 g/mol. The molecule has 1 aliphatic rings. The lowest BCUT2D eigenvalue weighted by molar-refractivity contribution is 0.0643. The van der Waals surface area contributed by atoms with Crippen LogP contribution in [0.25, 0.3) is 0 Å². The fraction of sp³-hybridized carbons (Fsp3) is 0.538. The average Bonchev–Trinajstić information content (AvgIpc) is 2.29. The van der Waals surface area contributed by atoms with Crippen molar-refractivity contribution < 1.29 is 9.84 Å². The minimum absolute atomic E-state index is 0.356. The predicted octanol–water partition coefficient (Wildman–Crippen LogP) is 1.75. The van der Waals surface area contributed by atoms with Crippen molar-refractivity contribution in [2.24, 2.45) is 0 Å². The molecule has 1 aliphatic heterocycles. The minimum atomic E-state index is -0.512. The zero-order valence-corrected chi connectivity index (χ0v) is 9.94. The number of ether oxygens (including phenoxy) is 1. The van der Waals surface area contributed by atoms with Crippen molar-refractivity contribution in [3.8, 4) is 0 Å². The molecule has 0 saturated carbocycles. The lowest BCUT2D eigenvalue weighted by Gasteiger charge is -2.28. The molecule has 1 atom stereocenters. The number of aliphatic hydroxyl groups is 1. The van der Waals surface area contributed by atoms with E-state index < -0.39 is 6.10 Å². The molecular weight excluding hydrogens is 202 g/mol. The van der Waals surface area contributed by atoms with Crippen LogP contribution in [-0.2, 0) is 11.2 Å². The van der Waals surface area contributed by atoms with Crippen LogP contribution >= 0.6 is 0 Å². The smallest absolute Gasteiger partial charge is 0.102 e. The summed E-state index contributed by atoms with van der Waals surface area (Å²) < 4.78 is 4.96. The van der Waals surface area contributed by atoms with Crippen molar-refractivity contribution in [3.63, 3.8) is 0 Å². The van der Waals surface area contributed by atoms with Crippen LogP contribution in [0.1, 0.15) is 23.7 Å². The first-order valence-corrected chi connectivity index (χ1v) is 5.73. The molecule has 0 bridgehead atoms. The lowest BCUT2D eigenvalue weighted by atomic mass is 9.98. The Labute approximate surface area is 96.6 Å². The Morgan fingerprint density at radius 3 is 3.06 bits per heavy atom. The molecule has 88 valence electrons. The van der Waals surface area contributed by atoms with Crippen LogP contribution in [0.5, 0.6) is 0 Å². The first-order chi connectivity index (χ1) is 7.72. The van der Waals surface area contributed by atoms with Gasteiger partial charge in [0.1, 0.15) is 6.10 Å². The molecule has 0 saturated heterocycles. The highest BCUT2D eigenvalue weighted by molar-refractivity contribution is 5.56.